The minimum absolute atomic E-state index is 0.0183. The molecule has 0 amide bonds. The first-order chi connectivity index (χ1) is 14.3. The first kappa shape index (κ1) is 24.8. The van der Waals surface area contributed by atoms with E-state index >= 15 is 0 Å². The number of benzene rings is 2. The molecule has 0 heterocycles. The van der Waals surface area contributed by atoms with Gasteiger partial charge in [-0.3, -0.25) is 0 Å². The fourth-order valence-corrected chi connectivity index (χ4v) is 3.02. The smallest absolute Gasteiger partial charge is 0.411 e. The quantitative estimate of drug-likeness (QED) is 0.574. The van der Waals surface area contributed by atoms with E-state index in [0.29, 0.717) is 24.3 Å². The SMILES string of the molecule is CC(O)COc1ccc(C(c2ccc(OCC(C)O)cc2)(C(F)(F)F)C(F)(F)F)cc1. The van der Waals surface area contributed by atoms with E-state index in [1.807, 2.05) is 0 Å². The van der Waals surface area contributed by atoms with Gasteiger partial charge in [0.1, 0.15) is 24.7 Å². The maximum absolute atomic E-state index is 14.1. The van der Waals surface area contributed by atoms with Crippen LogP contribution in [0.25, 0.3) is 0 Å². The van der Waals surface area contributed by atoms with Crippen molar-refractivity contribution in [2.75, 3.05) is 13.2 Å². The molecule has 2 aromatic carbocycles. The van der Waals surface area contributed by atoms with E-state index in [2.05, 4.69) is 0 Å². The number of aliphatic hydroxyl groups excluding tert-OH is 2. The van der Waals surface area contributed by atoms with E-state index in [-0.39, 0.29) is 24.7 Å². The van der Waals surface area contributed by atoms with Crippen LogP contribution in [-0.4, -0.2) is 48.0 Å². The molecule has 31 heavy (non-hydrogen) atoms. The summed E-state index contributed by atoms with van der Waals surface area (Å²) in [6.45, 7) is 2.50. The summed E-state index contributed by atoms with van der Waals surface area (Å²) < 4.78 is 94.9. The van der Waals surface area contributed by atoms with Crippen molar-refractivity contribution in [1.82, 2.24) is 0 Å². The second kappa shape index (κ2) is 9.35. The highest BCUT2D eigenvalue weighted by molar-refractivity contribution is 5.47. The van der Waals surface area contributed by atoms with E-state index in [9.17, 15) is 36.6 Å². The van der Waals surface area contributed by atoms with Gasteiger partial charge in [-0.25, -0.2) is 0 Å². The normalized spacial score (nSPS) is 14.8. The molecule has 2 unspecified atom stereocenters. The zero-order valence-corrected chi connectivity index (χ0v) is 16.7. The lowest BCUT2D eigenvalue weighted by molar-refractivity contribution is -0.288. The summed E-state index contributed by atoms with van der Waals surface area (Å²) >= 11 is 0. The molecule has 0 radical (unpaired) electrons. The van der Waals surface area contributed by atoms with Crippen LogP contribution in [0.4, 0.5) is 26.3 Å². The van der Waals surface area contributed by atoms with Crippen LogP contribution in [0, 0.1) is 0 Å². The zero-order valence-electron chi connectivity index (χ0n) is 16.7. The third kappa shape index (κ3) is 5.43. The highest BCUT2D eigenvalue weighted by atomic mass is 19.4. The maximum Gasteiger partial charge on any atom is 0.411 e. The van der Waals surface area contributed by atoms with E-state index in [4.69, 9.17) is 9.47 Å². The second-order valence-corrected chi connectivity index (χ2v) is 7.11. The van der Waals surface area contributed by atoms with Gasteiger partial charge in [0, 0.05) is 0 Å². The molecule has 0 aliphatic rings. The monoisotopic (exact) mass is 452 g/mol. The number of alkyl halides is 6. The van der Waals surface area contributed by atoms with Crippen LogP contribution in [0.2, 0.25) is 0 Å². The Morgan fingerprint density at radius 3 is 1.16 bits per heavy atom. The molecule has 0 saturated carbocycles. The van der Waals surface area contributed by atoms with Crippen molar-refractivity contribution in [2.45, 2.75) is 43.8 Å². The number of aliphatic hydroxyl groups is 2. The molecular formula is C21H22F6O4. The van der Waals surface area contributed by atoms with Crippen LogP contribution in [0.3, 0.4) is 0 Å². The molecule has 0 aliphatic heterocycles. The second-order valence-electron chi connectivity index (χ2n) is 7.11. The van der Waals surface area contributed by atoms with Crippen LogP contribution in [-0.2, 0) is 5.41 Å². The highest BCUT2D eigenvalue weighted by Gasteiger charge is 2.72. The Morgan fingerprint density at radius 1 is 0.645 bits per heavy atom. The van der Waals surface area contributed by atoms with Gasteiger partial charge in [-0.1, -0.05) is 24.3 Å². The van der Waals surface area contributed by atoms with Crippen molar-refractivity contribution < 1.29 is 46.0 Å². The van der Waals surface area contributed by atoms with Gasteiger partial charge in [0.25, 0.3) is 0 Å². The minimum atomic E-state index is -5.71. The molecule has 0 fully saturated rings. The van der Waals surface area contributed by atoms with Crippen molar-refractivity contribution in [3.8, 4) is 11.5 Å². The van der Waals surface area contributed by atoms with Crippen LogP contribution < -0.4 is 9.47 Å². The molecule has 0 spiro atoms. The average Bonchev–Trinajstić information content (AvgIpc) is 2.65. The van der Waals surface area contributed by atoms with E-state index in [0.717, 1.165) is 24.3 Å². The minimum Gasteiger partial charge on any atom is -0.491 e. The Morgan fingerprint density at radius 2 is 0.935 bits per heavy atom. The zero-order chi connectivity index (χ0) is 23.4. The molecular weight excluding hydrogens is 430 g/mol. The van der Waals surface area contributed by atoms with Gasteiger partial charge in [-0.2, -0.15) is 26.3 Å². The summed E-state index contributed by atoms with van der Waals surface area (Å²) in [5.74, 6) is 0.0366. The number of hydrogen-bond acceptors (Lipinski definition) is 4. The number of hydrogen-bond donors (Lipinski definition) is 2. The number of rotatable bonds is 8. The summed E-state index contributed by atoms with van der Waals surface area (Å²) in [4.78, 5) is 0. The largest absolute Gasteiger partial charge is 0.491 e. The Labute approximate surface area is 175 Å². The third-order valence-electron chi connectivity index (χ3n) is 4.41. The van der Waals surface area contributed by atoms with Crippen LogP contribution in [0.1, 0.15) is 25.0 Å². The topological polar surface area (TPSA) is 58.9 Å². The lowest BCUT2D eigenvalue weighted by atomic mass is 9.73. The van der Waals surface area contributed by atoms with Crippen molar-refractivity contribution in [1.29, 1.82) is 0 Å². The van der Waals surface area contributed by atoms with Gasteiger partial charge >= 0.3 is 12.4 Å². The van der Waals surface area contributed by atoms with Gasteiger partial charge in [0.15, 0.2) is 0 Å². The standard InChI is InChI=1S/C21H22F6O4/c1-13(28)11-30-17-7-3-15(4-8-17)19(20(22,23)24,21(25,26)27)16-5-9-18(10-6-16)31-12-14(2)29/h3-10,13-14,28-29H,11-12H2,1-2H3. The van der Waals surface area contributed by atoms with Crippen molar-refractivity contribution >= 4 is 0 Å². The van der Waals surface area contributed by atoms with Crippen LogP contribution in [0.15, 0.2) is 48.5 Å². The van der Waals surface area contributed by atoms with E-state index in [1.165, 1.54) is 13.8 Å². The average molecular weight is 452 g/mol. The van der Waals surface area contributed by atoms with Gasteiger partial charge in [0.2, 0.25) is 5.41 Å². The van der Waals surface area contributed by atoms with Crippen LogP contribution >= 0.6 is 0 Å². The van der Waals surface area contributed by atoms with Gasteiger partial charge in [0.05, 0.1) is 12.2 Å². The number of ether oxygens (including phenoxy) is 2. The summed E-state index contributed by atoms with van der Waals surface area (Å²) in [6, 6.07) is 6.78. The Hall–Kier alpha value is -2.46. The third-order valence-corrected chi connectivity index (χ3v) is 4.41. The molecule has 172 valence electrons. The fourth-order valence-electron chi connectivity index (χ4n) is 3.02. The molecule has 4 nitrogen and oxygen atoms in total. The summed E-state index contributed by atoms with van der Waals surface area (Å²) in [5, 5.41) is 18.4. The van der Waals surface area contributed by atoms with Gasteiger partial charge in [-0.05, 0) is 49.2 Å². The first-order valence-electron chi connectivity index (χ1n) is 9.25. The molecule has 2 N–H and O–H groups in total. The number of halogens is 6. The molecule has 2 atom stereocenters. The fraction of sp³-hybridized carbons (Fsp3) is 0.429. The van der Waals surface area contributed by atoms with Gasteiger partial charge < -0.3 is 19.7 Å². The lowest BCUT2D eigenvalue weighted by Gasteiger charge is -2.38. The maximum atomic E-state index is 14.1. The Kier molecular flexibility index (Phi) is 7.48. The molecule has 2 aromatic rings. The van der Waals surface area contributed by atoms with Crippen molar-refractivity contribution in [3.05, 3.63) is 59.7 Å². The Balaban J connectivity index is 2.55. The molecule has 10 heteroatoms. The lowest BCUT2D eigenvalue weighted by Crippen LogP contribution is -2.54. The van der Waals surface area contributed by atoms with E-state index < -0.39 is 41.1 Å². The molecule has 0 bridgehead atoms. The molecule has 0 saturated heterocycles. The van der Waals surface area contributed by atoms with E-state index in [1.54, 1.807) is 0 Å². The first-order valence-corrected chi connectivity index (χ1v) is 9.25. The molecule has 2 rings (SSSR count). The summed E-state index contributed by atoms with van der Waals surface area (Å²) in [7, 11) is 0. The Bertz CT molecular complexity index is 755. The summed E-state index contributed by atoms with van der Waals surface area (Å²) in [5.41, 5.74) is -6.35. The highest BCUT2D eigenvalue weighted by Crippen LogP contribution is 2.56. The van der Waals surface area contributed by atoms with Crippen LogP contribution in [0.5, 0.6) is 11.5 Å². The van der Waals surface area contributed by atoms with Crippen molar-refractivity contribution in [3.63, 3.8) is 0 Å². The molecule has 0 aliphatic carbocycles. The molecule has 0 aromatic heterocycles. The predicted molar refractivity (Wildman–Crippen MR) is 100 cm³/mol. The van der Waals surface area contributed by atoms with Crippen molar-refractivity contribution in [2.24, 2.45) is 0 Å². The summed E-state index contributed by atoms with van der Waals surface area (Å²) in [6.07, 6.45) is -13.2. The predicted octanol–water partition coefficient (Wildman–Crippen LogP) is 4.62. The van der Waals surface area contributed by atoms with Gasteiger partial charge in [-0.15, -0.1) is 0 Å².